The van der Waals surface area contributed by atoms with Gasteiger partial charge in [0.05, 0.1) is 19.8 Å². The van der Waals surface area contributed by atoms with Crippen LogP contribution in [-0.2, 0) is 0 Å². The van der Waals surface area contributed by atoms with Crippen LogP contribution in [0.25, 0.3) is 12.2 Å². The van der Waals surface area contributed by atoms with Crippen molar-refractivity contribution < 1.29 is 19.4 Å². The minimum atomic E-state index is -0.144. The first-order chi connectivity index (χ1) is 10.2. The van der Waals surface area contributed by atoms with Crippen LogP contribution in [0.3, 0.4) is 0 Å². The van der Waals surface area contributed by atoms with E-state index in [9.17, 15) is 9.90 Å². The monoisotopic (exact) mass is 284 g/mol. The summed E-state index contributed by atoms with van der Waals surface area (Å²) in [5, 5.41) is 9.76. The first-order valence-corrected chi connectivity index (χ1v) is 6.36. The van der Waals surface area contributed by atoms with Crippen LogP contribution in [0.15, 0.2) is 36.4 Å². The van der Waals surface area contributed by atoms with Crippen molar-refractivity contribution >= 4 is 18.4 Å². The summed E-state index contributed by atoms with van der Waals surface area (Å²) in [5.41, 5.74) is 1.96. The highest BCUT2D eigenvalue weighted by atomic mass is 16.5. The summed E-state index contributed by atoms with van der Waals surface area (Å²) in [6.45, 7) is 0. The van der Waals surface area contributed by atoms with Crippen molar-refractivity contribution in [1.82, 2.24) is 0 Å². The van der Waals surface area contributed by atoms with Gasteiger partial charge in [-0.3, -0.25) is 4.79 Å². The fourth-order valence-electron chi connectivity index (χ4n) is 1.90. The molecule has 2 aromatic carbocycles. The van der Waals surface area contributed by atoms with Gasteiger partial charge in [0.2, 0.25) is 0 Å². The smallest absolute Gasteiger partial charge is 0.168 e. The van der Waals surface area contributed by atoms with E-state index in [4.69, 9.17) is 9.47 Å². The van der Waals surface area contributed by atoms with E-state index < -0.39 is 0 Å². The number of aldehydes is 1. The predicted molar refractivity (Wildman–Crippen MR) is 82.0 cm³/mol. The molecule has 0 bridgehead atoms. The van der Waals surface area contributed by atoms with Crippen LogP contribution in [-0.4, -0.2) is 25.6 Å². The summed E-state index contributed by atoms with van der Waals surface area (Å²) in [7, 11) is 3.06. The number of methoxy groups -OCH3 is 2. The molecule has 4 heteroatoms. The molecule has 2 aromatic rings. The molecule has 2 rings (SSSR count). The molecule has 21 heavy (non-hydrogen) atoms. The van der Waals surface area contributed by atoms with Gasteiger partial charge in [-0.25, -0.2) is 0 Å². The number of phenolic OH excluding ortho intramolecular Hbond substituents is 1. The number of carbonyl (C=O) groups excluding carboxylic acids is 1. The molecule has 0 aliphatic rings. The standard InChI is InChI=1S/C17H16O4/c1-20-15-7-5-12(6-8-15)3-4-13-9-14(11-18)17(19)16(10-13)21-2/h3-11,19H,1-2H3. The van der Waals surface area contributed by atoms with Crippen LogP contribution in [0, 0.1) is 0 Å². The molecule has 4 nitrogen and oxygen atoms in total. The van der Waals surface area contributed by atoms with Gasteiger partial charge in [-0.15, -0.1) is 0 Å². The third kappa shape index (κ3) is 3.42. The average molecular weight is 284 g/mol. The quantitative estimate of drug-likeness (QED) is 0.675. The summed E-state index contributed by atoms with van der Waals surface area (Å²) >= 11 is 0. The number of hydrogen-bond acceptors (Lipinski definition) is 4. The number of aromatic hydroxyl groups is 1. The largest absolute Gasteiger partial charge is 0.504 e. The maximum Gasteiger partial charge on any atom is 0.168 e. The van der Waals surface area contributed by atoms with E-state index in [0.29, 0.717) is 6.29 Å². The van der Waals surface area contributed by atoms with E-state index in [0.717, 1.165) is 16.9 Å². The molecule has 0 aromatic heterocycles. The molecule has 1 N–H and O–H groups in total. The SMILES string of the molecule is COc1ccc(C=Cc2cc(C=O)c(O)c(OC)c2)cc1. The topological polar surface area (TPSA) is 55.8 Å². The number of ether oxygens (including phenoxy) is 2. The van der Waals surface area contributed by atoms with Crippen LogP contribution in [0.2, 0.25) is 0 Å². The number of hydrogen-bond donors (Lipinski definition) is 1. The Morgan fingerprint density at radius 1 is 0.952 bits per heavy atom. The van der Waals surface area contributed by atoms with E-state index in [2.05, 4.69) is 0 Å². The van der Waals surface area contributed by atoms with Gasteiger partial charge in [0.25, 0.3) is 0 Å². The maximum absolute atomic E-state index is 10.9. The highest BCUT2D eigenvalue weighted by molar-refractivity contribution is 5.84. The van der Waals surface area contributed by atoms with Crippen LogP contribution >= 0.6 is 0 Å². The Morgan fingerprint density at radius 2 is 1.62 bits per heavy atom. The molecule has 0 aliphatic carbocycles. The number of carbonyl (C=O) groups is 1. The number of rotatable bonds is 5. The molecule has 108 valence electrons. The summed E-state index contributed by atoms with van der Waals surface area (Å²) in [4.78, 5) is 10.9. The third-order valence-electron chi connectivity index (χ3n) is 3.06. The second-order valence-electron chi connectivity index (χ2n) is 4.39. The van der Waals surface area contributed by atoms with Gasteiger partial charge in [-0.05, 0) is 35.4 Å². The Labute approximate surface area is 123 Å². The molecule has 0 saturated heterocycles. The highest BCUT2D eigenvalue weighted by Crippen LogP contribution is 2.31. The molecular formula is C17H16O4. The molecule has 0 heterocycles. The van der Waals surface area contributed by atoms with Gasteiger partial charge in [-0.1, -0.05) is 24.3 Å². The average Bonchev–Trinajstić information content (AvgIpc) is 2.54. The first kappa shape index (κ1) is 14.7. The van der Waals surface area contributed by atoms with E-state index in [-0.39, 0.29) is 17.1 Å². The highest BCUT2D eigenvalue weighted by Gasteiger charge is 2.08. The zero-order valence-corrected chi connectivity index (χ0v) is 11.9. The van der Waals surface area contributed by atoms with E-state index in [1.165, 1.54) is 7.11 Å². The molecular weight excluding hydrogens is 268 g/mol. The predicted octanol–water partition coefficient (Wildman–Crippen LogP) is 3.39. The minimum absolute atomic E-state index is 0.144. The maximum atomic E-state index is 10.9. The first-order valence-electron chi connectivity index (χ1n) is 6.36. The van der Waals surface area contributed by atoms with Crippen LogP contribution in [0.4, 0.5) is 0 Å². The van der Waals surface area contributed by atoms with Gasteiger partial charge in [0.1, 0.15) is 5.75 Å². The Hall–Kier alpha value is -2.75. The van der Waals surface area contributed by atoms with Crippen molar-refractivity contribution in [1.29, 1.82) is 0 Å². The van der Waals surface area contributed by atoms with Gasteiger partial charge >= 0.3 is 0 Å². The minimum Gasteiger partial charge on any atom is -0.504 e. The second-order valence-corrected chi connectivity index (χ2v) is 4.39. The summed E-state index contributed by atoms with van der Waals surface area (Å²) in [6, 6.07) is 10.9. The fourth-order valence-corrected chi connectivity index (χ4v) is 1.90. The zero-order valence-electron chi connectivity index (χ0n) is 11.9. The lowest BCUT2D eigenvalue weighted by Gasteiger charge is -2.06. The Bertz CT molecular complexity index is 657. The molecule has 0 spiro atoms. The van der Waals surface area contributed by atoms with Crippen molar-refractivity contribution in [3.05, 3.63) is 53.1 Å². The zero-order chi connectivity index (χ0) is 15.2. The van der Waals surface area contributed by atoms with Crippen LogP contribution in [0.5, 0.6) is 17.2 Å². The summed E-state index contributed by atoms with van der Waals surface area (Å²) in [6.07, 6.45) is 4.35. The summed E-state index contributed by atoms with van der Waals surface area (Å²) < 4.78 is 10.1. The van der Waals surface area contributed by atoms with Crippen molar-refractivity contribution in [2.45, 2.75) is 0 Å². The van der Waals surface area contributed by atoms with Crippen molar-refractivity contribution in [3.63, 3.8) is 0 Å². The number of phenols is 1. The van der Waals surface area contributed by atoms with Crippen LogP contribution in [0.1, 0.15) is 21.5 Å². The lowest BCUT2D eigenvalue weighted by molar-refractivity contribution is 0.112. The normalized spacial score (nSPS) is 10.6. The molecule has 0 unspecified atom stereocenters. The second kappa shape index (κ2) is 6.61. The van der Waals surface area contributed by atoms with Crippen molar-refractivity contribution in [2.75, 3.05) is 14.2 Å². The third-order valence-corrected chi connectivity index (χ3v) is 3.06. The summed E-state index contributed by atoms with van der Waals surface area (Å²) in [5.74, 6) is 0.921. The van der Waals surface area contributed by atoms with E-state index in [1.807, 2.05) is 36.4 Å². The lowest BCUT2D eigenvalue weighted by atomic mass is 10.1. The van der Waals surface area contributed by atoms with E-state index in [1.54, 1.807) is 19.2 Å². The Morgan fingerprint density at radius 3 is 2.19 bits per heavy atom. The molecule has 0 aliphatic heterocycles. The van der Waals surface area contributed by atoms with Gasteiger partial charge in [-0.2, -0.15) is 0 Å². The van der Waals surface area contributed by atoms with Gasteiger partial charge < -0.3 is 14.6 Å². The molecule has 0 atom stereocenters. The molecule has 0 fully saturated rings. The lowest BCUT2D eigenvalue weighted by Crippen LogP contribution is -1.90. The fraction of sp³-hybridized carbons (Fsp3) is 0.118. The number of benzene rings is 2. The Kier molecular flexibility index (Phi) is 4.61. The van der Waals surface area contributed by atoms with Crippen molar-refractivity contribution in [2.24, 2.45) is 0 Å². The molecule has 0 radical (unpaired) electrons. The molecule has 0 amide bonds. The van der Waals surface area contributed by atoms with Gasteiger partial charge in [0.15, 0.2) is 17.8 Å². The van der Waals surface area contributed by atoms with Crippen molar-refractivity contribution in [3.8, 4) is 17.2 Å². The van der Waals surface area contributed by atoms with Crippen LogP contribution < -0.4 is 9.47 Å². The van der Waals surface area contributed by atoms with Gasteiger partial charge in [0, 0.05) is 0 Å². The van der Waals surface area contributed by atoms with E-state index >= 15 is 0 Å². The Balaban J connectivity index is 2.29. The molecule has 0 saturated carbocycles.